The molecular formula is C18H23ClN4. The Kier molecular flexibility index (Phi) is 5.34. The lowest BCUT2D eigenvalue weighted by atomic mass is 10.1. The third-order valence-electron chi connectivity index (χ3n) is 4.15. The van der Waals surface area contributed by atoms with Crippen LogP contribution in [0, 0.1) is 6.92 Å². The Balaban J connectivity index is 1.57. The second-order valence-corrected chi connectivity index (χ2v) is 6.55. The second-order valence-electron chi connectivity index (χ2n) is 6.12. The summed E-state index contributed by atoms with van der Waals surface area (Å²) in [4.78, 5) is 8.96. The number of nitrogens with one attached hydrogen (secondary N) is 2. The van der Waals surface area contributed by atoms with Gasteiger partial charge in [0.2, 0.25) is 0 Å². The summed E-state index contributed by atoms with van der Waals surface area (Å²) in [5.74, 6) is 2.59. The van der Waals surface area contributed by atoms with E-state index in [-0.39, 0.29) is 0 Å². The minimum absolute atomic E-state index is 0.559. The van der Waals surface area contributed by atoms with Crippen molar-refractivity contribution in [2.45, 2.75) is 45.1 Å². The fourth-order valence-corrected chi connectivity index (χ4v) is 3.25. The maximum atomic E-state index is 6.01. The van der Waals surface area contributed by atoms with E-state index in [2.05, 4.69) is 26.7 Å². The third-order valence-corrected chi connectivity index (χ3v) is 4.39. The van der Waals surface area contributed by atoms with Crippen molar-refractivity contribution in [1.29, 1.82) is 0 Å². The maximum Gasteiger partial charge on any atom is 0.132 e. The highest BCUT2D eigenvalue weighted by Crippen LogP contribution is 2.22. The van der Waals surface area contributed by atoms with Gasteiger partial charge in [0.25, 0.3) is 0 Å². The molecule has 1 aliphatic carbocycles. The van der Waals surface area contributed by atoms with Crippen LogP contribution in [-0.2, 0) is 6.42 Å². The zero-order chi connectivity index (χ0) is 16.1. The molecule has 0 saturated heterocycles. The first kappa shape index (κ1) is 16.1. The molecule has 0 radical (unpaired) electrons. The number of halogens is 1. The molecule has 0 amide bonds. The molecule has 1 aliphatic rings. The van der Waals surface area contributed by atoms with Gasteiger partial charge in [-0.2, -0.15) is 0 Å². The van der Waals surface area contributed by atoms with Gasteiger partial charge < -0.3 is 10.6 Å². The number of benzene rings is 1. The molecule has 0 atom stereocenters. The monoisotopic (exact) mass is 330 g/mol. The van der Waals surface area contributed by atoms with Gasteiger partial charge in [0, 0.05) is 23.7 Å². The highest BCUT2D eigenvalue weighted by molar-refractivity contribution is 6.30. The van der Waals surface area contributed by atoms with Crippen molar-refractivity contribution in [3.8, 4) is 0 Å². The average Bonchev–Trinajstić information content (AvgIpc) is 3.00. The van der Waals surface area contributed by atoms with E-state index in [0.717, 1.165) is 35.4 Å². The van der Waals surface area contributed by atoms with Crippen LogP contribution in [-0.4, -0.2) is 22.6 Å². The van der Waals surface area contributed by atoms with Gasteiger partial charge in [-0.3, -0.25) is 0 Å². The summed E-state index contributed by atoms with van der Waals surface area (Å²) in [5, 5.41) is 7.69. The Morgan fingerprint density at radius 3 is 2.70 bits per heavy atom. The Morgan fingerprint density at radius 2 is 1.91 bits per heavy atom. The molecule has 2 N–H and O–H groups in total. The molecule has 0 bridgehead atoms. The van der Waals surface area contributed by atoms with E-state index in [1.165, 1.54) is 31.2 Å². The predicted octanol–water partition coefficient (Wildman–Crippen LogP) is 4.45. The maximum absolute atomic E-state index is 6.01. The van der Waals surface area contributed by atoms with Crippen LogP contribution in [0.25, 0.3) is 0 Å². The minimum Gasteiger partial charge on any atom is -0.370 e. The number of rotatable bonds is 6. The van der Waals surface area contributed by atoms with Crippen LogP contribution >= 0.6 is 11.6 Å². The number of anilines is 2. The molecule has 5 heteroatoms. The van der Waals surface area contributed by atoms with E-state index in [1.807, 2.05) is 31.2 Å². The zero-order valence-electron chi connectivity index (χ0n) is 13.5. The van der Waals surface area contributed by atoms with Crippen LogP contribution in [0.2, 0.25) is 5.02 Å². The molecule has 1 heterocycles. The van der Waals surface area contributed by atoms with Gasteiger partial charge in [-0.15, -0.1) is 0 Å². The first-order valence-corrected chi connectivity index (χ1v) is 8.67. The van der Waals surface area contributed by atoms with Crippen molar-refractivity contribution >= 4 is 23.2 Å². The fourth-order valence-electron chi connectivity index (χ4n) is 3.04. The number of aryl methyl sites for hydroxylation is 1. The fraction of sp³-hybridized carbons (Fsp3) is 0.444. The minimum atomic E-state index is 0.559. The van der Waals surface area contributed by atoms with Gasteiger partial charge in [0.05, 0.1) is 0 Å². The van der Waals surface area contributed by atoms with Crippen LogP contribution in [0.5, 0.6) is 0 Å². The normalized spacial score (nSPS) is 14.9. The topological polar surface area (TPSA) is 49.8 Å². The Hall–Kier alpha value is -1.81. The van der Waals surface area contributed by atoms with Gasteiger partial charge in [-0.25, -0.2) is 9.97 Å². The summed E-state index contributed by atoms with van der Waals surface area (Å²) in [6.45, 7) is 2.75. The number of aromatic nitrogens is 2. The van der Waals surface area contributed by atoms with Gasteiger partial charge in [-0.05, 0) is 43.9 Å². The Morgan fingerprint density at radius 1 is 1.13 bits per heavy atom. The number of hydrogen-bond donors (Lipinski definition) is 2. The Bertz CT molecular complexity index is 653. The molecule has 1 aromatic carbocycles. The summed E-state index contributed by atoms with van der Waals surface area (Å²) in [6.07, 6.45) is 6.01. The summed E-state index contributed by atoms with van der Waals surface area (Å²) in [5.41, 5.74) is 1.22. The standard InChI is InChI=1S/C18H23ClN4/c1-13-21-17(12-18(22-13)23-16-7-2-3-8-16)20-10-9-14-5-4-6-15(19)11-14/h4-6,11-12,16H,2-3,7-10H2,1H3,(H2,20,21,22,23). The SMILES string of the molecule is Cc1nc(NCCc2cccc(Cl)c2)cc(NC2CCCC2)n1. The van der Waals surface area contributed by atoms with Crippen molar-refractivity contribution in [1.82, 2.24) is 9.97 Å². The van der Waals surface area contributed by atoms with Crippen molar-refractivity contribution < 1.29 is 0 Å². The average molecular weight is 331 g/mol. The lowest BCUT2D eigenvalue weighted by Gasteiger charge is -2.14. The van der Waals surface area contributed by atoms with Crippen molar-refractivity contribution in [3.63, 3.8) is 0 Å². The lowest BCUT2D eigenvalue weighted by Crippen LogP contribution is -2.16. The molecule has 122 valence electrons. The first-order valence-electron chi connectivity index (χ1n) is 8.29. The van der Waals surface area contributed by atoms with E-state index < -0.39 is 0 Å². The van der Waals surface area contributed by atoms with E-state index in [0.29, 0.717) is 6.04 Å². The zero-order valence-corrected chi connectivity index (χ0v) is 14.2. The van der Waals surface area contributed by atoms with E-state index >= 15 is 0 Å². The molecule has 1 saturated carbocycles. The molecule has 4 nitrogen and oxygen atoms in total. The number of nitrogens with zero attached hydrogens (tertiary/aromatic N) is 2. The quantitative estimate of drug-likeness (QED) is 0.821. The molecule has 1 fully saturated rings. The van der Waals surface area contributed by atoms with Crippen LogP contribution in [0.3, 0.4) is 0 Å². The van der Waals surface area contributed by atoms with Gasteiger partial charge >= 0.3 is 0 Å². The third kappa shape index (κ3) is 4.83. The lowest BCUT2D eigenvalue weighted by molar-refractivity contribution is 0.748. The number of hydrogen-bond acceptors (Lipinski definition) is 4. The largest absolute Gasteiger partial charge is 0.370 e. The molecular weight excluding hydrogens is 308 g/mol. The van der Waals surface area contributed by atoms with Crippen molar-refractivity contribution in [3.05, 3.63) is 46.7 Å². The van der Waals surface area contributed by atoms with Crippen molar-refractivity contribution in [2.24, 2.45) is 0 Å². The molecule has 0 unspecified atom stereocenters. The summed E-state index contributed by atoms with van der Waals surface area (Å²) < 4.78 is 0. The van der Waals surface area contributed by atoms with Crippen LogP contribution in [0.4, 0.5) is 11.6 Å². The van der Waals surface area contributed by atoms with Gasteiger partial charge in [0.15, 0.2) is 0 Å². The summed E-state index contributed by atoms with van der Waals surface area (Å²) in [6, 6.07) is 10.5. The molecule has 0 aliphatic heterocycles. The summed E-state index contributed by atoms with van der Waals surface area (Å²) >= 11 is 6.01. The molecule has 0 spiro atoms. The van der Waals surface area contributed by atoms with Gasteiger partial charge in [0.1, 0.15) is 17.5 Å². The highest BCUT2D eigenvalue weighted by Gasteiger charge is 2.15. The molecule has 1 aromatic heterocycles. The smallest absolute Gasteiger partial charge is 0.132 e. The Labute approximate surface area is 142 Å². The first-order chi connectivity index (χ1) is 11.2. The molecule has 23 heavy (non-hydrogen) atoms. The van der Waals surface area contributed by atoms with Crippen LogP contribution in [0.1, 0.15) is 37.1 Å². The second kappa shape index (κ2) is 7.64. The van der Waals surface area contributed by atoms with E-state index in [9.17, 15) is 0 Å². The van der Waals surface area contributed by atoms with E-state index in [1.54, 1.807) is 0 Å². The predicted molar refractivity (Wildman–Crippen MR) is 96.3 cm³/mol. The molecule has 2 aromatic rings. The van der Waals surface area contributed by atoms with Crippen LogP contribution < -0.4 is 10.6 Å². The van der Waals surface area contributed by atoms with Crippen molar-refractivity contribution in [2.75, 3.05) is 17.2 Å². The molecule has 3 rings (SSSR count). The summed E-state index contributed by atoms with van der Waals surface area (Å²) in [7, 11) is 0. The van der Waals surface area contributed by atoms with Crippen LogP contribution in [0.15, 0.2) is 30.3 Å². The highest BCUT2D eigenvalue weighted by atomic mass is 35.5. The van der Waals surface area contributed by atoms with E-state index in [4.69, 9.17) is 11.6 Å². The van der Waals surface area contributed by atoms with Gasteiger partial charge in [-0.1, -0.05) is 36.6 Å².